The van der Waals surface area contributed by atoms with Crippen molar-refractivity contribution < 1.29 is 23.8 Å². The van der Waals surface area contributed by atoms with Gasteiger partial charge in [0, 0.05) is 0 Å². The van der Waals surface area contributed by atoms with Gasteiger partial charge in [0.1, 0.15) is 17.9 Å². The fourth-order valence-corrected chi connectivity index (χ4v) is 2.56. The first-order valence-electron chi connectivity index (χ1n) is 7.45. The van der Waals surface area contributed by atoms with Gasteiger partial charge in [-0.05, 0) is 20.3 Å². The Morgan fingerprint density at radius 3 is 2.43 bits per heavy atom. The molecule has 3 aliphatic rings. The monoisotopic (exact) mass is 298 g/mol. The van der Waals surface area contributed by atoms with E-state index in [0.29, 0.717) is 32.8 Å². The summed E-state index contributed by atoms with van der Waals surface area (Å²) in [7, 11) is 0. The minimum absolute atomic E-state index is 0.0573. The number of hydrogen-bond acceptors (Lipinski definition) is 5. The van der Waals surface area contributed by atoms with Crippen molar-refractivity contribution in [1.29, 1.82) is 0 Å². The minimum atomic E-state index is -0.851. The third kappa shape index (κ3) is 2.77. The van der Waals surface area contributed by atoms with Gasteiger partial charge in [0.05, 0.1) is 32.5 Å². The molecule has 3 rings (SSSR count). The highest BCUT2D eigenvalue weighted by Gasteiger charge is 2.54. The Kier molecular flexibility index (Phi) is 3.67. The van der Waals surface area contributed by atoms with Crippen molar-refractivity contribution >= 4 is 11.9 Å². The topological polar surface area (TPSA) is 74.9 Å². The highest BCUT2D eigenvalue weighted by atomic mass is 16.6. The number of rotatable bonds is 7. The van der Waals surface area contributed by atoms with Crippen LogP contribution in [-0.2, 0) is 19.0 Å². The summed E-state index contributed by atoms with van der Waals surface area (Å²) in [4.78, 5) is 28.1. The molecule has 0 aromatic rings. The summed E-state index contributed by atoms with van der Waals surface area (Å²) < 4.78 is 16.0. The largest absolute Gasteiger partial charge is 0.371 e. The van der Waals surface area contributed by atoms with E-state index in [1.165, 1.54) is 4.90 Å². The molecule has 0 spiro atoms. The quantitative estimate of drug-likeness (QED) is 0.508. The standard InChI is InChI=1S/C14H22N2O5/c1-4-11(21-8-10-7-20-10)16-12(17)14(2,3)15(13(16)18)5-9-6-19-9/h9-11H,4-8H2,1-3H3. The second-order valence-corrected chi connectivity index (χ2v) is 6.23. The van der Waals surface area contributed by atoms with E-state index in [4.69, 9.17) is 14.2 Å². The molecule has 7 nitrogen and oxygen atoms in total. The zero-order valence-electron chi connectivity index (χ0n) is 12.7. The lowest BCUT2D eigenvalue weighted by Gasteiger charge is -2.26. The minimum Gasteiger partial charge on any atom is -0.371 e. The van der Waals surface area contributed by atoms with Crippen LogP contribution in [0.1, 0.15) is 27.2 Å². The molecular formula is C14H22N2O5. The summed E-state index contributed by atoms with van der Waals surface area (Å²) in [5.41, 5.74) is -0.851. The molecular weight excluding hydrogens is 276 g/mol. The number of carbonyl (C=O) groups excluding carboxylic acids is 2. The Morgan fingerprint density at radius 1 is 1.29 bits per heavy atom. The maximum Gasteiger partial charge on any atom is 0.329 e. The Labute approximate surface area is 124 Å². The van der Waals surface area contributed by atoms with Crippen molar-refractivity contribution in [3.05, 3.63) is 0 Å². The molecule has 3 atom stereocenters. The van der Waals surface area contributed by atoms with E-state index in [1.807, 2.05) is 6.92 Å². The summed E-state index contributed by atoms with van der Waals surface area (Å²) in [6.45, 7) is 7.66. The molecule has 3 unspecified atom stereocenters. The SMILES string of the molecule is CCC(OCC1CO1)N1C(=O)N(CC2CO2)C(C)(C)C1=O. The van der Waals surface area contributed by atoms with E-state index in [0.717, 1.165) is 0 Å². The summed E-state index contributed by atoms with van der Waals surface area (Å²) in [5.74, 6) is -0.211. The van der Waals surface area contributed by atoms with Gasteiger partial charge in [-0.25, -0.2) is 9.69 Å². The van der Waals surface area contributed by atoms with Gasteiger partial charge in [0.15, 0.2) is 0 Å². The zero-order valence-corrected chi connectivity index (χ0v) is 12.7. The number of hydrogen-bond donors (Lipinski definition) is 0. The second-order valence-electron chi connectivity index (χ2n) is 6.23. The summed E-state index contributed by atoms with van der Waals surface area (Å²) in [6, 6.07) is -0.288. The Bertz CT molecular complexity index is 445. The third-order valence-corrected chi connectivity index (χ3v) is 4.16. The molecule has 21 heavy (non-hydrogen) atoms. The van der Waals surface area contributed by atoms with E-state index >= 15 is 0 Å². The van der Waals surface area contributed by atoms with Crippen LogP contribution < -0.4 is 0 Å². The van der Waals surface area contributed by atoms with Crippen LogP contribution in [0.4, 0.5) is 4.79 Å². The molecule has 0 aliphatic carbocycles. The molecule has 3 fully saturated rings. The molecule has 3 saturated heterocycles. The number of imide groups is 1. The Balaban J connectivity index is 1.72. The molecule has 0 bridgehead atoms. The highest BCUT2D eigenvalue weighted by molar-refractivity contribution is 6.06. The van der Waals surface area contributed by atoms with Crippen molar-refractivity contribution in [2.24, 2.45) is 0 Å². The van der Waals surface area contributed by atoms with Gasteiger partial charge in [-0.1, -0.05) is 6.92 Å². The van der Waals surface area contributed by atoms with Gasteiger partial charge in [-0.15, -0.1) is 0 Å². The first kappa shape index (κ1) is 14.7. The van der Waals surface area contributed by atoms with E-state index in [1.54, 1.807) is 18.7 Å². The fourth-order valence-electron chi connectivity index (χ4n) is 2.56. The average Bonchev–Trinajstić information content (AvgIpc) is 3.32. The van der Waals surface area contributed by atoms with Crippen molar-refractivity contribution in [3.8, 4) is 0 Å². The summed E-state index contributed by atoms with van der Waals surface area (Å²) in [6.07, 6.45) is 0.199. The molecule has 0 radical (unpaired) electrons. The van der Waals surface area contributed by atoms with Gasteiger partial charge >= 0.3 is 6.03 Å². The summed E-state index contributed by atoms with van der Waals surface area (Å²) in [5, 5.41) is 0. The lowest BCUT2D eigenvalue weighted by atomic mass is 10.0. The van der Waals surface area contributed by atoms with Gasteiger partial charge in [0.2, 0.25) is 0 Å². The van der Waals surface area contributed by atoms with Crippen LogP contribution in [0.25, 0.3) is 0 Å². The van der Waals surface area contributed by atoms with Crippen molar-refractivity contribution in [3.63, 3.8) is 0 Å². The average molecular weight is 298 g/mol. The van der Waals surface area contributed by atoms with E-state index in [9.17, 15) is 9.59 Å². The molecule has 118 valence electrons. The van der Waals surface area contributed by atoms with Crippen LogP contribution in [-0.4, -0.2) is 72.1 Å². The second kappa shape index (κ2) is 5.23. The van der Waals surface area contributed by atoms with Gasteiger partial charge in [0.25, 0.3) is 5.91 Å². The number of nitrogens with zero attached hydrogens (tertiary/aromatic N) is 2. The molecule has 0 aromatic carbocycles. The number of carbonyl (C=O) groups is 2. The van der Waals surface area contributed by atoms with Crippen LogP contribution in [0.5, 0.6) is 0 Å². The molecule has 0 N–H and O–H groups in total. The highest BCUT2D eigenvalue weighted by Crippen LogP contribution is 2.32. The lowest BCUT2D eigenvalue weighted by Crippen LogP contribution is -2.46. The number of urea groups is 1. The summed E-state index contributed by atoms with van der Waals surface area (Å²) >= 11 is 0. The fraction of sp³-hybridized carbons (Fsp3) is 0.857. The van der Waals surface area contributed by atoms with Crippen molar-refractivity contribution in [2.75, 3.05) is 26.4 Å². The normalized spacial score (nSPS) is 31.8. The third-order valence-electron chi connectivity index (χ3n) is 4.16. The zero-order chi connectivity index (χ0) is 15.2. The van der Waals surface area contributed by atoms with Crippen molar-refractivity contribution in [1.82, 2.24) is 9.80 Å². The van der Waals surface area contributed by atoms with Crippen molar-refractivity contribution in [2.45, 2.75) is 51.2 Å². The Morgan fingerprint density at radius 2 is 1.90 bits per heavy atom. The van der Waals surface area contributed by atoms with Gasteiger partial charge in [-0.2, -0.15) is 0 Å². The van der Waals surface area contributed by atoms with Gasteiger partial charge < -0.3 is 19.1 Å². The molecule has 3 heterocycles. The van der Waals surface area contributed by atoms with E-state index in [-0.39, 0.29) is 24.1 Å². The maximum absolute atomic E-state index is 12.6. The molecule has 7 heteroatoms. The van der Waals surface area contributed by atoms with Crippen LogP contribution >= 0.6 is 0 Å². The molecule has 0 aromatic heterocycles. The van der Waals surface area contributed by atoms with Crippen LogP contribution in [0.3, 0.4) is 0 Å². The van der Waals surface area contributed by atoms with Gasteiger partial charge in [-0.3, -0.25) is 4.79 Å². The number of epoxide rings is 2. The van der Waals surface area contributed by atoms with E-state index < -0.39 is 11.8 Å². The van der Waals surface area contributed by atoms with Crippen LogP contribution in [0, 0.1) is 0 Å². The maximum atomic E-state index is 12.6. The lowest BCUT2D eigenvalue weighted by molar-refractivity contribution is -0.141. The first-order valence-corrected chi connectivity index (χ1v) is 7.45. The molecule has 3 aliphatic heterocycles. The number of ether oxygens (including phenoxy) is 3. The predicted octanol–water partition coefficient (Wildman–Crippen LogP) is 0.580. The molecule has 0 saturated carbocycles. The smallest absolute Gasteiger partial charge is 0.329 e. The number of amides is 3. The predicted molar refractivity (Wildman–Crippen MR) is 72.5 cm³/mol. The van der Waals surface area contributed by atoms with E-state index in [2.05, 4.69) is 0 Å². The molecule has 3 amide bonds. The van der Waals surface area contributed by atoms with Crippen LogP contribution in [0.15, 0.2) is 0 Å². The first-order chi connectivity index (χ1) is 9.95. The van der Waals surface area contributed by atoms with Crippen LogP contribution in [0.2, 0.25) is 0 Å². The Hall–Kier alpha value is -1.18.